The Balaban J connectivity index is 2.44. The van der Waals surface area contributed by atoms with Gasteiger partial charge >= 0.3 is 6.18 Å². The fraction of sp³-hybridized carbons (Fsp3) is 0.154. The van der Waals surface area contributed by atoms with Gasteiger partial charge in [-0.15, -0.1) is 0 Å². The summed E-state index contributed by atoms with van der Waals surface area (Å²) < 4.78 is 38.9. The van der Waals surface area contributed by atoms with Gasteiger partial charge in [-0.3, -0.25) is 0 Å². The zero-order valence-corrected chi connectivity index (χ0v) is 9.70. The van der Waals surface area contributed by atoms with Gasteiger partial charge in [0, 0.05) is 18.8 Å². The van der Waals surface area contributed by atoms with Crippen molar-refractivity contribution in [1.29, 1.82) is 0 Å². The summed E-state index contributed by atoms with van der Waals surface area (Å²) in [6.07, 6.45) is -1.77. The highest BCUT2D eigenvalue weighted by atomic mass is 19.4. The topological polar surface area (TPSA) is 17.8 Å². The van der Waals surface area contributed by atoms with Crippen molar-refractivity contribution in [3.05, 3.63) is 48.3 Å². The number of alkyl halides is 3. The van der Waals surface area contributed by atoms with Gasteiger partial charge in [-0.05, 0) is 5.56 Å². The highest BCUT2D eigenvalue weighted by Crippen LogP contribution is 2.30. The summed E-state index contributed by atoms with van der Waals surface area (Å²) in [4.78, 5) is 3.62. The van der Waals surface area contributed by atoms with Crippen molar-refractivity contribution in [3.63, 3.8) is 0 Å². The molecule has 0 radical (unpaired) electrons. The fourth-order valence-electron chi connectivity index (χ4n) is 1.64. The minimum atomic E-state index is -4.42. The molecule has 1 aromatic carbocycles. The van der Waals surface area contributed by atoms with Gasteiger partial charge in [0.15, 0.2) is 5.69 Å². The number of aryl methyl sites for hydroxylation is 1. The number of imidazole rings is 1. The minimum Gasteiger partial charge on any atom is -0.333 e. The monoisotopic (exact) mass is 252 g/mol. The second-order valence-corrected chi connectivity index (χ2v) is 3.88. The average Bonchev–Trinajstić information content (AvgIpc) is 2.71. The summed E-state index contributed by atoms with van der Waals surface area (Å²) in [5.74, 6) is 0.290. The number of hydrogen-bond donors (Lipinski definition) is 0. The number of hydrogen-bond acceptors (Lipinski definition) is 1. The van der Waals surface area contributed by atoms with Crippen molar-refractivity contribution in [2.75, 3.05) is 0 Å². The average molecular weight is 252 g/mol. The van der Waals surface area contributed by atoms with Crippen LogP contribution in [0.15, 0.2) is 37.0 Å². The maximum atomic E-state index is 12.5. The number of halogens is 3. The lowest BCUT2D eigenvalue weighted by molar-refractivity contribution is -0.140. The molecule has 0 saturated carbocycles. The zero-order valence-electron chi connectivity index (χ0n) is 9.70. The quantitative estimate of drug-likeness (QED) is 0.796. The molecule has 94 valence electrons. The van der Waals surface area contributed by atoms with Crippen LogP contribution in [0.3, 0.4) is 0 Å². The van der Waals surface area contributed by atoms with E-state index in [0.717, 1.165) is 11.8 Å². The molecule has 0 aliphatic rings. The number of aromatic nitrogens is 2. The van der Waals surface area contributed by atoms with Crippen LogP contribution in [0.2, 0.25) is 0 Å². The minimum absolute atomic E-state index is 0.290. The number of benzene rings is 1. The summed E-state index contributed by atoms with van der Waals surface area (Å²) in [7, 11) is 1.54. The first-order chi connectivity index (χ1) is 8.41. The maximum absolute atomic E-state index is 12.5. The Bertz CT molecular complexity index is 565. The molecule has 1 aromatic heterocycles. The van der Waals surface area contributed by atoms with E-state index in [1.54, 1.807) is 37.4 Å². The van der Waals surface area contributed by atoms with Crippen LogP contribution in [0.1, 0.15) is 11.3 Å². The summed E-state index contributed by atoms with van der Waals surface area (Å²) in [6.45, 7) is 3.62. The Morgan fingerprint density at radius 2 is 1.83 bits per heavy atom. The second-order valence-electron chi connectivity index (χ2n) is 3.88. The third-order valence-electron chi connectivity index (χ3n) is 2.57. The maximum Gasteiger partial charge on any atom is 0.434 e. The molecule has 2 rings (SSSR count). The van der Waals surface area contributed by atoms with E-state index in [9.17, 15) is 13.2 Å². The molecule has 0 fully saturated rings. The van der Waals surface area contributed by atoms with Gasteiger partial charge in [0.1, 0.15) is 5.82 Å². The van der Waals surface area contributed by atoms with Crippen LogP contribution in [-0.2, 0) is 13.2 Å². The molecule has 0 N–H and O–H groups in total. The summed E-state index contributed by atoms with van der Waals surface area (Å²) >= 11 is 0. The first kappa shape index (κ1) is 12.4. The van der Waals surface area contributed by atoms with Crippen LogP contribution in [-0.4, -0.2) is 9.55 Å². The molecule has 0 aliphatic heterocycles. The van der Waals surface area contributed by atoms with E-state index >= 15 is 0 Å². The molecule has 2 nitrogen and oxygen atoms in total. The molecule has 0 unspecified atom stereocenters. The van der Waals surface area contributed by atoms with Crippen LogP contribution < -0.4 is 0 Å². The van der Waals surface area contributed by atoms with Gasteiger partial charge in [0.25, 0.3) is 0 Å². The Kier molecular flexibility index (Phi) is 2.98. The van der Waals surface area contributed by atoms with Gasteiger partial charge in [-0.1, -0.05) is 36.9 Å². The summed E-state index contributed by atoms with van der Waals surface area (Å²) in [5.41, 5.74) is 0.662. The van der Waals surface area contributed by atoms with Crippen LogP contribution in [0, 0.1) is 0 Å². The van der Waals surface area contributed by atoms with Crippen LogP contribution >= 0.6 is 0 Å². The highest BCUT2D eigenvalue weighted by Gasteiger charge is 2.34. The Hall–Kier alpha value is -2.04. The second kappa shape index (κ2) is 4.33. The first-order valence-corrected chi connectivity index (χ1v) is 5.25. The molecule has 5 heteroatoms. The third kappa shape index (κ3) is 2.30. The fourth-order valence-corrected chi connectivity index (χ4v) is 1.64. The Morgan fingerprint density at radius 3 is 2.28 bits per heavy atom. The number of rotatable bonds is 2. The van der Waals surface area contributed by atoms with Crippen molar-refractivity contribution in [3.8, 4) is 11.4 Å². The van der Waals surface area contributed by atoms with Crippen LogP contribution in [0.5, 0.6) is 0 Å². The van der Waals surface area contributed by atoms with Crippen LogP contribution in [0.4, 0.5) is 13.2 Å². The smallest absolute Gasteiger partial charge is 0.333 e. The van der Waals surface area contributed by atoms with E-state index in [2.05, 4.69) is 11.6 Å². The predicted octanol–water partition coefficient (Wildman–Crippen LogP) is 3.75. The zero-order chi connectivity index (χ0) is 13.3. The molecule has 0 bridgehead atoms. The molecule has 1 heterocycles. The molecule has 0 spiro atoms. The van der Waals surface area contributed by atoms with E-state index in [1.165, 1.54) is 4.57 Å². The van der Waals surface area contributed by atoms with Crippen molar-refractivity contribution in [2.45, 2.75) is 6.18 Å². The molecule has 0 saturated heterocycles. The summed E-state index contributed by atoms with van der Waals surface area (Å²) in [5, 5.41) is 0. The standard InChI is InChI=1S/C13H11F3N2/c1-3-9-4-6-10(7-5-9)12-17-11(8-18(12)2)13(14,15)16/h3-8H,1H2,2H3. The van der Waals surface area contributed by atoms with E-state index in [1.807, 2.05) is 0 Å². The normalized spacial score (nSPS) is 11.6. The van der Waals surface area contributed by atoms with Crippen molar-refractivity contribution < 1.29 is 13.2 Å². The lowest BCUT2D eigenvalue weighted by Crippen LogP contribution is -2.04. The lowest BCUT2D eigenvalue weighted by atomic mass is 10.1. The number of nitrogens with zero attached hydrogens (tertiary/aromatic N) is 2. The predicted molar refractivity (Wildman–Crippen MR) is 63.7 cm³/mol. The van der Waals surface area contributed by atoms with Gasteiger partial charge in [-0.2, -0.15) is 13.2 Å². The lowest BCUT2D eigenvalue weighted by Gasteiger charge is -2.02. The first-order valence-electron chi connectivity index (χ1n) is 5.25. The molecule has 0 atom stereocenters. The molecule has 18 heavy (non-hydrogen) atoms. The van der Waals surface area contributed by atoms with Gasteiger partial charge in [-0.25, -0.2) is 4.98 Å². The third-order valence-corrected chi connectivity index (χ3v) is 2.57. The van der Waals surface area contributed by atoms with Gasteiger partial charge in [0.05, 0.1) is 0 Å². The van der Waals surface area contributed by atoms with Crippen LogP contribution in [0.25, 0.3) is 17.5 Å². The molecule has 0 amide bonds. The molecular weight excluding hydrogens is 241 g/mol. The van der Waals surface area contributed by atoms with Crippen molar-refractivity contribution >= 4 is 6.08 Å². The molecular formula is C13H11F3N2. The SMILES string of the molecule is C=Cc1ccc(-c2nc(C(F)(F)F)cn2C)cc1. The van der Waals surface area contributed by atoms with E-state index < -0.39 is 11.9 Å². The highest BCUT2D eigenvalue weighted by molar-refractivity contribution is 5.60. The Morgan fingerprint density at radius 1 is 1.22 bits per heavy atom. The molecule has 2 aromatic rings. The molecule has 0 aliphatic carbocycles. The van der Waals surface area contributed by atoms with E-state index in [-0.39, 0.29) is 5.82 Å². The van der Waals surface area contributed by atoms with Crippen molar-refractivity contribution in [1.82, 2.24) is 9.55 Å². The van der Waals surface area contributed by atoms with E-state index in [0.29, 0.717) is 5.56 Å². The van der Waals surface area contributed by atoms with Crippen molar-refractivity contribution in [2.24, 2.45) is 7.05 Å². The Labute approximate surface area is 102 Å². The summed E-state index contributed by atoms with van der Waals surface area (Å²) in [6, 6.07) is 7.01. The van der Waals surface area contributed by atoms with Gasteiger partial charge in [0.2, 0.25) is 0 Å². The largest absolute Gasteiger partial charge is 0.434 e. The van der Waals surface area contributed by atoms with E-state index in [4.69, 9.17) is 0 Å². The van der Waals surface area contributed by atoms with Gasteiger partial charge < -0.3 is 4.57 Å².